The fraction of sp³-hybridized carbons (Fsp3) is 0. The van der Waals surface area contributed by atoms with Crippen molar-refractivity contribution in [1.82, 2.24) is 0 Å². The molecule has 3 aromatic carbocycles. The summed E-state index contributed by atoms with van der Waals surface area (Å²) in [5.74, 6) is -0.483. The van der Waals surface area contributed by atoms with Crippen LogP contribution < -0.4 is 0 Å². The van der Waals surface area contributed by atoms with Gasteiger partial charge in [0.2, 0.25) is 5.75 Å². The van der Waals surface area contributed by atoms with Gasteiger partial charge in [-0.3, -0.25) is 10.1 Å². The van der Waals surface area contributed by atoms with Gasteiger partial charge in [-0.1, -0.05) is 42.5 Å². The molecule has 0 fully saturated rings. The van der Waals surface area contributed by atoms with Gasteiger partial charge in [0.05, 0.1) is 10.6 Å². The minimum absolute atomic E-state index is 0.0913. The highest BCUT2D eigenvalue weighted by atomic mass is 16.6. The number of fused-ring (bicyclic) bond motifs is 1. The van der Waals surface area contributed by atoms with Crippen molar-refractivity contribution in [2.24, 2.45) is 10.2 Å². The lowest BCUT2D eigenvalue weighted by molar-refractivity contribution is -0.385. The van der Waals surface area contributed by atoms with Crippen LogP contribution in [-0.4, -0.2) is 10.0 Å². The Hall–Kier alpha value is -3.28. The molecule has 3 aromatic rings. The number of azo groups is 1. The Morgan fingerprint density at radius 1 is 0.955 bits per heavy atom. The van der Waals surface area contributed by atoms with Crippen molar-refractivity contribution in [3.05, 3.63) is 70.8 Å². The second-order valence-electron chi connectivity index (χ2n) is 4.61. The van der Waals surface area contributed by atoms with Gasteiger partial charge in [-0.2, -0.15) is 5.11 Å². The third-order valence-electron chi connectivity index (χ3n) is 3.19. The smallest absolute Gasteiger partial charge is 0.313 e. The molecular formula is C16H11N3O3. The van der Waals surface area contributed by atoms with Gasteiger partial charge >= 0.3 is 5.69 Å². The molecule has 0 saturated carbocycles. The number of rotatable bonds is 3. The minimum atomic E-state index is -0.636. The average Bonchev–Trinajstić information content (AvgIpc) is 2.54. The molecule has 1 N–H and O–H groups in total. The quantitative estimate of drug-likeness (QED) is 0.424. The van der Waals surface area contributed by atoms with Crippen molar-refractivity contribution in [1.29, 1.82) is 0 Å². The summed E-state index contributed by atoms with van der Waals surface area (Å²) < 4.78 is 0. The molecule has 0 atom stereocenters. The average molecular weight is 293 g/mol. The predicted molar refractivity (Wildman–Crippen MR) is 82.9 cm³/mol. The Morgan fingerprint density at radius 3 is 2.36 bits per heavy atom. The molecule has 0 heterocycles. The van der Waals surface area contributed by atoms with Crippen LogP contribution in [0.4, 0.5) is 17.1 Å². The summed E-state index contributed by atoms with van der Waals surface area (Å²) in [5.41, 5.74) is 0.298. The monoisotopic (exact) mass is 293 g/mol. The van der Waals surface area contributed by atoms with Crippen LogP contribution >= 0.6 is 0 Å². The molecular weight excluding hydrogens is 282 g/mol. The van der Waals surface area contributed by atoms with Gasteiger partial charge in [-0.05, 0) is 17.5 Å². The first-order valence-electron chi connectivity index (χ1n) is 6.52. The maximum Gasteiger partial charge on any atom is 0.313 e. The van der Waals surface area contributed by atoms with Crippen LogP contribution in [0.5, 0.6) is 5.75 Å². The summed E-state index contributed by atoms with van der Waals surface area (Å²) in [7, 11) is 0. The highest BCUT2D eigenvalue weighted by molar-refractivity contribution is 5.98. The molecule has 0 aliphatic heterocycles. The number of aromatic hydroxyl groups is 1. The van der Waals surface area contributed by atoms with Crippen LogP contribution in [0.15, 0.2) is 70.9 Å². The summed E-state index contributed by atoms with van der Waals surface area (Å²) in [4.78, 5) is 10.4. The topological polar surface area (TPSA) is 88.1 Å². The van der Waals surface area contributed by atoms with Gasteiger partial charge in [0, 0.05) is 11.5 Å². The molecule has 6 heteroatoms. The maximum atomic E-state index is 11.1. The van der Waals surface area contributed by atoms with Gasteiger partial charge < -0.3 is 5.11 Å². The molecule has 108 valence electrons. The zero-order valence-electron chi connectivity index (χ0n) is 11.4. The SMILES string of the molecule is O=[N+]([O-])c1cc2ccccc2c(N=Nc2ccccc2)c1O. The van der Waals surface area contributed by atoms with Crippen molar-refractivity contribution in [3.63, 3.8) is 0 Å². The highest BCUT2D eigenvalue weighted by Crippen LogP contribution is 2.42. The first-order chi connectivity index (χ1) is 10.7. The highest BCUT2D eigenvalue weighted by Gasteiger charge is 2.20. The zero-order valence-corrected chi connectivity index (χ0v) is 11.4. The fourth-order valence-electron chi connectivity index (χ4n) is 2.15. The molecule has 0 radical (unpaired) electrons. The van der Waals surface area contributed by atoms with Crippen LogP contribution in [0, 0.1) is 10.1 Å². The lowest BCUT2D eigenvalue weighted by Gasteiger charge is -2.05. The number of hydrogen-bond acceptors (Lipinski definition) is 5. The van der Waals surface area contributed by atoms with Gasteiger partial charge in [-0.25, -0.2) is 0 Å². The Bertz CT molecular complexity index is 876. The van der Waals surface area contributed by atoms with Crippen LogP contribution in [-0.2, 0) is 0 Å². The van der Waals surface area contributed by atoms with Gasteiger partial charge in [0.15, 0.2) is 0 Å². The van der Waals surface area contributed by atoms with Crippen molar-refractivity contribution in [3.8, 4) is 5.75 Å². The van der Waals surface area contributed by atoms with Crippen LogP contribution in [0.2, 0.25) is 0 Å². The molecule has 0 bridgehead atoms. The maximum absolute atomic E-state index is 11.1. The Labute approximate surface area is 125 Å². The number of nitro benzene ring substituents is 1. The molecule has 0 aliphatic carbocycles. The van der Waals surface area contributed by atoms with E-state index in [1.807, 2.05) is 6.07 Å². The van der Waals surface area contributed by atoms with E-state index in [0.717, 1.165) is 0 Å². The Morgan fingerprint density at radius 2 is 1.64 bits per heavy atom. The van der Waals surface area contributed by atoms with Crippen molar-refractivity contribution < 1.29 is 10.0 Å². The van der Waals surface area contributed by atoms with Crippen LogP contribution in [0.25, 0.3) is 10.8 Å². The Kier molecular flexibility index (Phi) is 3.49. The first-order valence-corrected chi connectivity index (χ1v) is 6.52. The zero-order chi connectivity index (χ0) is 15.5. The molecule has 0 saturated heterocycles. The first kappa shape index (κ1) is 13.7. The number of nitro groups is 1. The lowest BCUT2D eigenvalue weighted by Crippen LogP contribution is -1.89. The van der Waals surface area contributed by atoms with Crippen molar-refractivity contribution >= 4 is 27.8 Å². The van der Waals surface area contributed by atoms with E-state index in [1.165, 1.54) is 6.07 Å². The normalized spacial score (nSPS) is 11.1. The third-order valence-corrected chi connectivity index (χ3v) is 3.19. The van der Waals surface area contributed by atoms with E-state index in [0.29, 0.717) is 16.5 Å². The van der Waals surface area contributed by atoms with Crippen LogP contribution in [0.3, 0.4) is 0 Å². The van der Waals surface area contributed by atoms with E-state index < -0.39 is 10.7 Å². The summed E-state index contributed by atoms with van der Waals surface area (Å²) in [6.45, 7) is 0. The van der Waals surface area contributed by atoms with Gasteiger partial charge in [0.1, 0.15) is 5.69 Å². The number of hydrogen-bond donors (Lipinski definition) is 1. The summed E-state index contributed by atoms with van der Waals surface area (Å²) >= 11 is 0. The number of benzene rings is 3. The predicted octanol–water partition coefficient (Wildman–Crippen LogP) is 4.87. The minimum Gasteiger partial charge on any atom is -0.501 e. The van der Waals surface area contributed by atoms with Gasteiger partial charge in [0.25, 0.3) is 0 Å². The van der Waals surface area contributed by atoms with E-state index in [2.05, 4.69) is 10.2 Å². The molecule has 0 spiro atoms. The second kappa shape index (κ2) is 5.61. The molecule has 3 rings (SSSR count). The van der Waals surface area contributed by atoms with Crippen molar-refractivity contribution in [2.45, 2.75) is 0 Å². The van der Waals surface area contributed by atoms with E-state index in [4.69, 9.17) is 0 Å². The fourth-order valence-corrected chi connectivity index (χ4v) is 2.15. The van der Waals surface area contributed by atoms with Gasteiger partial charge in [-0.15, -0.1) is 5.11 Å². The van der Waals surface area contributed by atoms with Crippen LogP contribution in [0.1, 0.15) is 0 Å². The van der Waals surface area contributed by atoms with E-state index >= 15 is 0 Å². The molecule has 0 unspecified atom stereocenters. The van der Waals surface area contributed by atoms with E-state index in [-0.39, 0.29) is 11.4 Å². The summed E-state index contributed by atoms with van der Waals surface area (Å²) in [5, 5.41) is 30.5. The number of phenolic OH excluding ortho intramolecular Hbond substituents is 1. The largest absolute Gasteiger partial charge is 0.501 e. The molecule has 0 amide bonds. The number of phenols is 1. The summed E-state index contributed by atoms with van der Waals surface area (Å²) in [6, 6.07) is 17.3. The Balaban J connectivity index is 2.20. The second-order valence-corrected chi connectivity index (χ2v) is 4.61. The standard InChI is InChI=1S/C16H11N3O3/c20-16-14(19(21)22)10-11-6-4-5-9-13(11)15(16)18-17-12-7-2-1-3-8-12/h1-10,20H. The molecule has 0 aromatic heterocycles. The lowest BCUT2D eigenvalue weighted by atomic mass is 10.1. The molecule has 22 heavy (non-hydrogen) atoms. The summed E-state index contributed by atoms with van der Waals surface area (Å²) in [6.07, 6.45) is 0. The number of nitrogens with zero attached hydrogens (tertiary/aromatic N) is 3. The third kappa shape index (κ3) is 2.49. The van der Waals surface area contributed by atoms with E-state index in [9.17, 15) is 15.2 Å². The molecule has 6 nitrogen and oxygen atoms in total. The van der Waals surface area contributed by atoms with E-state index in [1.54, 1.807) is 48.5 Å². The molecule has 0 aliphatic rings. The van der Waals surface area contributed by atoms with Crippen molar-refractivity contribution in [2.75, 3.05) is 0 Å².